The van der Waals surface area contributed by atoms with E-state index in [0.717, 1.165) is 10.4 Å². The van der Waals surface area contributed by atoms with E-state index in [0.29, 0.717) is 5.13 Å². The maximum absolute atomic E-state index is 12.1. The van der Waals surface area contributed by atoms with Gasteiger partial charge >= 0.3 is 0 Å². The van der Waals surface area contributed by atoms with Crippen LogP contribution in [-0.2, 0) is 9.53 Å². The fourth-order valence-corrected chi connectivity index (χ4v) is 2.27. The molecule has 0 aliphatic carbocycles. The number of hydrogen-bond acceptors (Lipinski definition) is 4. The molecule has 2 rings (SSSR count). The molecular formula is C13H14N2O2S. The molecule has 0 radical (unpaired) electrons. The van der Waals surface area contributed by atoms with E-state index in [2.05, 4.69) is 10.3 Å². The minimum atomic E-state index is -0.615. The van der Waals surface area contributed by atoms with Gasteiger partial charge in [-0.3, -0.25) is 10.1 Å². The minimum Gasteiger partial charge on any atom is -0.367 e. The fourth-order valence-electron chi connectivity index (χ4n) is 1.61. The Balaban J connectivity index is 2.11. The van der Waals surface area contributed by atoms with E-state index in [1.165, 1.54) is 18.4 Å². The van der Waals surface area contributed by atoms with E-state index in [1.807, 2.05) is 37.3 Å². The van der Waals surface area contributed by atoms with E-state index >= 15 is 0 Å². The number of aromatic nitrogens is 1. The van der Waals surface area contributed by atoms with Crippen molar-refractivity contribution >= 4 is 22.4 Å². The maximum Gasteiger partial charge on any atom is 0.259 e. The number of benzene rings is 1. The summed E-state index contributed by atoms with van der Waals surface area (Å²) in [6.45, 7) is 1.94. The smallest absolute Gasteiger partial charge is 0.259 e. The highest BCUT2D eigenvalue weighted by Gasteiger charge is 2.20. The number of thiazole rings is 1. The second kappa shape index (κ2) is 5.75. The molecular weight excluding hydrogens is 248 g/mol. The quantitative estimate of drug-likeness (QED) is 0.921. The van der Waals surface area contributed by atoms with Gasteiger partial charge in [0.15, 0.2) is 11.2 Å². The fraction of sp³-hybridized carbons (Fsp3) is 0.231. The molecule has 0 saturated carbocycles. The van der Waals surface area contributed by atoms with Crippen LogP contribution in [0.25, 0.3) is 0 Å². The number of carbonyl (C=O) groups excluding carboxylic acids is 1. The number of hydrogen-bond donors (Lipinski definition) is 1. The molecule has 0 fully saturated rings. The van der Waals surface area contributed by atoms with Gasteiger partial charge in [-0.05, 0) is 12.5 Å². The topological polar surface area (TPSA) is 51.2 Å². The molecule has 2 aromatic rings. The molecule has 0 spiro atoms. The molecule has 1 atom stereocenters. The minimum absolute atomic E-state index is 0.210. The molecule has 4 nitrogen and oxygen atoms in total. The SMILES string of the molecule is CO[C@@H](C(=O)Nc1ncc(C)s1)c1ccccc1. The first-order chi connectivity index (χ1) is 8.70. The summed E-state index contributed by atoms with van der Waals surface area (Å²) in [5.74, 6) is -0.210. The molecule has 1 aromatic carbocycles. The van der Waals surface area contributed by atoms with Crippen molar-refractivity contribution < 1.29 is 9.53 Å². The maximum atomic E-state index is 12.1. The van der Waals surface area contributed by atoms with Crippen molar-refractivity contribution in [3.05, 3.63) is 47.0 Å². The zero-order chi connectivity index (χ0) is 13.0. The van der Waals surface area contributed by atoms with Crippen LogP contribution in [0.1, 0.15) is 16.5 Å². The van der Waals surface area contributed by atoms with Gasteiger partial charge in [0.25, 0.3) is 5.91 Å². The van der Waals surface area contributed by atoms with Gasteiger partial charge in [-0.1, -0.05) is 30.3 Å². The molecule has 0 unspecified atom stereocenters. The monoisotopic (exact) mass is 262 g/mol. The average Bonchev–Trinajstić information content (AvgIpc) is 2.77. The summed E-state index contributed by atoms with van der Waals surface area (Å²) in [6, 6.07) is 9.38. The van der Waals surface area contributed by atoms with Gasteiger partial charge in [0.1, 0.15) is 0 Å². The highest BCUT2D eigenvalue weighted by Crippen LogP contribution is 2.21. The van der Waals surface area contributed by atoms with Crippen LogP contribution in [0.2, 0.25) is 0 Å². The molecule has 1 aromatic heterocycles. The zero-order valence-corrected chi connectivity index (χ0v) is 11.0. The Morgan fingerprint density at radius 2 is 2.11 bits per heavy atom. The summed E-state index contributed by atoms with van der Waals surface area (Å²) >= 11 is 1.44. The van der Waals surface area contributed by atoms with Crippen LogP contribution in [-0.4, -0.2) is 18.0 Å². The Morgan fingerprint density at radius 1 is 1.39 bits per heavy atom. The zero-order valence-electron chi connectivity index (χ0n) is 10.2. The molecule has 18 heavy (non-hydrogen) atoms. The van der Waals surface area contributed by atoms with Gasteiger partial charge in [-0.25, -0.2) is 4.98 Å². The Labute approximate surface area is 110 Å². The van der Waals surface area contributed by atoms with Gasteiger partial charge in [0, 0.05) is 18.2 Å². The largest absolute Gasteiger partial charge is 0.367 e. The van der Waals surface area contributed by atoms with Crippen molar-refractivity contribution in [3.8, 4) is 0 Å². The second-order valence-corrected chi connectivity index (χ2v) is 5.03. The number of anilines is 1. The molecule has 1 amide bonds. The van der Waals surface area contributed by atoms with E-state index in [9.17, 15) is 4.79 Å². The summed E-state index contributed by atoms with van der Waals surface area (Å²) < 4.78 is 5.24. The lowest BCUT2D eigenvalue weighted by Crippen LogP contribution is -2.22. The number of rotatable bonds is 4. The second-order valence-electron chi connectivity index (χ2n) is 3.79. The third kappa shape index (κ3) is 2.94. The van der Waals surface area contributed by atoms with Crippen molar-refractivity contribution in [3.63, 3.8) is 0 Å². The molecule has 0 bridgehead atoms. The lowest BCUT2D eigenvalue weighted by Gasteiger charge is -2.14. The van der Waals surface area contributed by atoms with Crippen molar-refractivity contribution in [2.45, 2.75) is 13.0 Å². The number of amides is 1. The van der Waals surface area contributed by atoms with Crippen molar-refractivity contribution in [2.24, 2.45) is 0 Å². The number of aryl methyl sites for hydroxylation is 1. The molecule has 0 saturated heterocycles. The molecule has 0 aliphatic rings. The van der Waals surface area contributed by atoms with Gasteiger partial charge in [-0.2, -0.15) is 0 Å². The van der Waals surface area contributed by atoms with E-state index in [1.54, 1.807) is 6.20 Å². The number of methoxy groups -OCH3 is 1. The lowest BCUT2D eigenvalue weighted by atomic mass is 10.1. The molecule has 5 heteroatoms. The number of carbonyl (C=O) groups is 1. The Morgan fingerprint density at radius 3 is 2.67 bits per heavy atom. The first-order valence-corrected chi connectivity index (χ1v) is 6.33. The summed E-state index contributed by atoms with van der Waals surface area (Å²) in [6.07, 6.45) is 1.11. The van der Waals surface area contributed by atoms with Gasteiger partial charge in [-0.15, -0.1) is 11.3 Å². The van der Waals surface area contributed by atoms with Crippen LogP contribution in [0.3, 0.4) is 0 Å². The summed E-state index contributed by atoms with van der Waals surface area (Å²) in [4.78, 5) is 17.2. The van der Waals surface area contributed by atoms with Gasteiger partial charge < -0.3 is 4.74 Å². The first-order valence-electron chi connectivity index (χ1n) is 5.51. The van der Waals surface area contributed by atoms with Gasteiger partial charge in [0.2, 0.25) is 0 Å². The third-order valence-corrected chi connectivity index (χ3v) is 3.26. The predicted molar refractivity (Wildman–Crippen MR) is 71.7 cm³/mol. The van der Waals surface area contributed by atoms with Crippen molar-refractivity contribution in [2.75, 3.05) is 12.4 Å². The van der Waals surface area contributed by atoms with E-state index in [4.69, 9.17) is 4.74 Å². The van der Waals surface area contributed by atoms with Gasteiger partial charge in [0.05, 0.1) is 0 Å². The van der Waals surface area contributed by atoms with Crippen LogP contribution < -0.4 is 5.32 Å². The van der Waals surface area contributed by atoms with E-state index in [-0.39, 0.29) is 5.91 Å². The Bertz CT molecular complexity index is 525. The Hall–Kier alpha value is -1.72. The third-order valence-electron chi connectivity index (χ3n) is 2.43. The number of nitrogens with zero attached hydrogens (tertiary/aromatic N) is 1. The van der Waals surface area contributed by atoms with Crippen LogP contribution in [0.5, 0.6) is 0 Å². The molecule has 1 N–H and O–H groups in total. The Kier molecular flexibility index (Phi) is 4.07. The highest BCUT2D eigenvalue weighted by atomic mass is 32.1. The first kappa shape index (κ1) is 12.7. The number of nitrogens with one attached hydrogen (secondary N) is 1. The van der Waals surface area contributed by atoms with Crippen LogP contribution >= 0.6 is 11.3 Å². The number of ether oxygens (including phenoxy) is 1. The van der Waals surface area contributed by atoms with Crippen LogP contribution in [0.15, 0.2) is 36.5 Å². The van der Waals surface area contributed by atoms with E-state index < -0.39 is 6.10 Å². The highest BCUT2D eigenvalue weighted by molar-refractivity contribution is 7.15. The molecule has 0 aliphatic heterocycles. The lowest BCUT2D eigenvalue weighted by molar-refractivity contribution is -0.126. The normalized spacial score (nSPS) is 12.1. The standard InChI is InChI=1S/C13H14N2O2S/c1-9-8-14-13(18-9)15-12(16)11(17-2)10-6-4-3-5-7-10/h3-8,11H,1-2H3,(H,14,15,16)/t11-/m1/s1. The van der Waals surface area contributed by atoms with Crippen LogP contribution in [0.4, 0.5) is 5.13 Å². The molecule has 1 heterocycles. The summed E-state index contributed by atoms with van der Waals surface area (Å²) in [5.41, 5.74) is 0.825. The summed E-state index contributed by atoms with van der Waals surface area (Å²) in [5, 5.41) is 3.35. The molecule has 94 valence electrons. The summed E-state index contributed by atoms with van der Waals surface area (Å²) in [7, 11) is 1.52. The van der Waals surface area contributed by atoms with Crippen molar-refractivity contribution in [1.29, 1.82) is 0 Å². The van der Waals surface area contributed by atoms with Crippen LogP contribution in [0, 0.1) is 6.92 Å². The average molecular weight is 262 g/mol. The predicted octanol–water partition coefficient (Wildman–Crippen LogP) is 2.78. The van der Waals surface area contributed by atoms with Crippen molar-refractivity contribution in [1.82, 2.24) is 4.98 Å².